The minimum absolute atomic E-state index is 0.0477. The van der Waals surface area contributed by atoms with E-state index in [2.05, 4.69) is 75.0 Å². The van der Waals surface area contributed by atoms with Crippen molar-refractivity contribution in [2.75, 3.05) is 6.54 Å². The maximum Gasteiger partial charge on any atom is 0.254 e. The SMILES string of the molecule is C=C1/C(=C\C=C2/CCC[C@]3(C)[C@@H]([C@H](C)C[C@H]4C[C@](C)(O)C(=O)N4CCc4ccc5ccccc5c4)CC[C@@H]23)C[C@@H](O)[C@H](C)[C@@H]1O. The number of amides is 1. The van der Waals surface area contributed by atoms with Crippen LogP contribution >= 0.6 is 0 Å². The van der Waals surface area contributed by atoms with Gasteiger partial charge < -0.3 is 20.2 Å². The van der Waals surface area contributed by atoms with Gasteiger partial charge in [-0.05, 0) is 109 Å². The van der Waals surface area contributed by atoms with E-state index in [1.54, 1.807) is 6.92 Å². The lowest BCUT2D eigenvalue weighted by Gasteiger charge is -2.45. The highest BCUT2D eigenvalue weighted by Gasteiger charge is 2.53. The van der Waals surface area contributed by atoms with E-state index in [9.17, 15) is 20.1 Å². The predicted molar refractivity (Wildman–Crippen MR) is 181 cm³/mol. The van der Waals surface area contributed by atoms with Crippen LogP contribution in [0.5, 0.6) is 0 Å². The molecular formula is C40H53NO4. The molecule has 4 aliphatic rings. The zero-order valence-corrected chi connectivity index (χ0v) is 27.7. The van der Waals surface area contributed by atoms with Gasteiger partial charge in [0.1, 0.15) is 5.60 Å². The molecule has 1 aliphatic heterocycles. The van der Waals surface area contributed by atoms with Gasteiger partial charge in [-0.2, -0.15) is 0 Å². The van der Waals surface area contributed by atoms with Gasteiger partial charge in [-0.3, -0.25) is 4.79 Å². The minimum Gasteiger partial charge on any atom is -0.392 e. The summed E-state index contributed by atoms with van der Waals surface area (Å²) >= 11 is 0. The number of rotatable bonds is 7. The van der Waals surface area contributed by atoms with Crippen molar-refractivity contribution in [2.45, 2.75) is 109 Å². The third kappa shape index (κ3) is 6.08. The monoisotopic (exact) mass is 611 g/mol. The lowest BCUT2D eigenvalue weighted by Crippen LogP contribution is -2.41. The standard InChI is InChI=1S/C40H53NO4/c1-25(21-33-24-40(5,45)38(44)41(33)20-18-28-12-13-29-9-6-7-10-32(29)22-28)34-16-17-35-30(11-8-19-39(34,35)4)14-15-31-23-36(42)27(3)37(43)26(31)2/h6-7,9-10,12-15,22,25,27,33-37,42-43,45H,2,8,11,16-21,23-24H2,1,3-5H3/b30-14+,31-15-/t25-,27+,33+,34-,35+,36-,37-,39-,40+/m1/s1. The number of fused-ring (bicyclic) bond motifs is 2. The van der Waals surface area contributed by atoms with Crippen LogP contribution in [-0.2, 0) is 11.2 Å². The van der Waals surface area contributed by atoms with Crippen LogP contribution in [0.25, 0.3) is 10.8 Å². The summed E-state index contributed by atoms with van der Waals surface area (Å²) in [7, 11) is 0. The van der Waals surface area contributed by atoms with Gasteiger partial charge in [-0.1, -0.05) is 87.5 Å². The molecule has 1 heterocycles. The zero-order valence-electron chi connectivity index (χ0n) is 27.7. The van der Waals surface area contributed by atoms with E-state index in [0.29, 0.717) is 37.1 Å². The summed E-state index contributed by atoms with van der Waals surface area (Å²) in [6, 6.07) is 15.0. The number of allylic oxidation sites excluding steroid dienone is 3. The summed E-state index contributed by atoms with van der Waals surface area (Å²) in [4.78, 5) is 15.4. The Kier molecular flexibility index (Phi) is 8.93. The summed E-state index contributed by atoms with van der Waals surface area (Å²) in [6.45, 7) is 13.2. The number of aliphatic hydroxyl groups is 3. The Balaban J connectivity index is 1.15. The molecule has 3 saturated carbocycles. The topological polar surface area (TPSA) is 81.0 Å². The second kappa shape index (κ2) is 12.5. The molecule has 0 unspecified atom stereocenters. The second-order valence-electron chi connectivity index (χ2n) is 15.4. The molecule has 242 valence electrons. The molecule has 0 radical (unpaired) electrons. The Morgan fingerprint density at radius 3 is 2.62 bits per heavy atom. The fourth-order valence-corrected chi connectivity index (χ4v) is 9.72. The Bertz CT molecular complexity index is 1500. The smallest absolute Gasteiger partial charge is 0.254 e. The number of aliphatic hydroxyl groups excluding tert-OH is 2. The number of hydrogen-bond acceptors (Lipinski definition) is 4. The average Bonchev–Trinajstić information content (AvgIpc) is 3.48. The highest BCUT2D eigenvalue weighted by molar-refractivity contribution is 5.87. The van der Waals surface area contributed by atoms with Gasteiger partial charge in [0.2, 0.25) is 0 Å². The highest BCUT2D eigenvalue weighted by atomic mass is 16.3. The van der Waals surface area contributed by atoms with Crippen LogP contribution in [0.1, 0.15) is 84.6 Å². The normalized spacial score (nSPS) is 38.0. The third-order valence-electron chi connectivity index (χ3n) is 12.4. The summed E-state index contributed by atoms with van der Waals surface area (Å²) in [5, 5.41) is 34.6. The van der Waals surface area contributed by atoms with Crippen LogP contribution in [0.4, 0.5) is 0 Å². The first-order valence-electron chi connectivity index (χ1n) is 17.3. The van der Waals surface area contributed by atoms with Crippen LogP contribution in [-0.4, -0.2) is 56.5 Å². The van der Waals surface area contributed by atoms with Crippen LogP contribution < -0.4 is 0 Å². The van der Waals surface area contributed by atoms with Gasteiger partial charge in [0, 0.05) is 24.9 Å². The molecule has 2 aromatic carbocycles. The van der Waals surface area contributed by atoms with E-state index in [1.165, 1.54) is 47.6 Å². The van der Waals surface area contributed by atoms with Gasteiger partial charge in [0.25, 0.3) is 5.91 Å². The summed E-state index contributed by atoms with van der Waals surface area (Å²) < 4.78 is 0. The Hall–Kier alpha value is -2.73. The molecule has 5 heteroatoms. The number of likely N-dealkylation sites (tertiary alicyclic amines) is 1. The molecule has 6 rings (SSSR count). The molecule has 4 fully saturated rings. The summed E-state index contributed by atoms with van der Waals surface area (Å²) in [5.74, 6) is 1.22. The molecule has 9 atom stereocenters. The van der Waals surface area contributed by atoms with E-state index in [0.717, 1.165) is 30.4 Å². The first-order chi connectivity index (χ1) is 21.4. The first kappa shape index (κ1) is 32.2. The van der Waals surface area contributed by atoms with E-state index in [1.807, 2.05) is 11.8 Å². The van der Waals surface area contributed by atoms with Gasteiger partial charge in [0.15, 0.2) is 0 Å². The van der Waals surface area contributed by atoms with E-state index < -0.39 is 17.8 Å². The molecule has 0 aromatic heterocycles. The molecule has 2 aromatic rings. The number of carbonyl (C=O) groups is 1. The summed E-state index contributed by atoms with van der Waals surface area (Å²) in [5.41, 5.74) is 3.34. The molecule has 3 aliphatic carbocycles. The third-order valence-corrected chi connectivity index (χ3v) is 12.4. The predicted octanol–water partition coefficient (Wildman–Crippen LogP) is 7.15. The van der Waals surface area contributed by atoms with Gasteiger partial charge >= 0.3 is 0 Å². The van der Waals surface area contributed by atoms with Crippen molar-refractivity contribution < 1.29 is 20.1 Å². The van der Waals surface area contributed by atoms with Gasteiger partial charge in [-0.15, -0.1) is 0 Å². The molecular weight excluding hydrogens is 558 g/mol. The minimum atomic E-state index is -1.30. The molecule has 1 amide bonds. The van der Waals surface area contributed by atoms with E-state index >= 15 is 0 Å². The quantitative estimate of drug-likeness (QED) is 0.311. The first-order valence-corrected chi connectivity index (χ1v) is 17.3. The lowest BCUT2D eigenvalue weighted by molar-refractivity contribution is -0.142. The lowest BCUT2D eigenvalue weighted by atomic mass is 9.60. The van der Waals surface area contributed by atoms with Crippen molar-refractivity contribution in [3.05, 3.63) is 83.5 Å². The molecule has 0 spiro atoms. The van der Waals surface area contributed by atoms with Gasteiger partial charge in [-0.25, -0.2) is 0 Å². The Morgan fingerprint density at radius 1 is 1.09 bits per heavy atom. The van der Waals surface area contributed by atoms with Crippen molar-refractivity contribution in [3.63, 3.8) is 0 Å². The van der Waals surface area contributed by atoms with Crippen molar-refractivity contribution in [3.8, 4) is 0 Å². The number of carbonyl (C=O) groups excluding carboxylic acids is 1. The van der Waals surface area contributed by atoms with Crippen LogP contribution in [0.3, 0.4) is 0 Å². The average molecular weight is 612 g/mol. The number of hydrogen-bond donors (Lipinski definition) is 3. The molecule has 5 nitrogen and oxygen atoms in total. The number of benzene rings is 2. The van der Waals surface area contributed by atoms with Crippen LogP contribution in [0, 0.1) is 29.1 Å². The Labute approximate surface area is 269 Å². The molecule has 0 bridgehead atoms. The molecule has 3 N–H and O–H groups in total. The van der Waals surface area contributed by atoms with E-state index in [-0.39, 0.29) is 23.3 Å². The maximum atomic E-state index is 13.4. The summed E-state index contributed by atoms with van der Waals surface area (Å²) in [6.07, 6.45) is 11.8. The largest absolute Gasteiger partial charge is 0.392 e. The van der Waals surface area contributed by atoms with Crippen molar-refractivity contribution >= 4 is 16.7 Å². The van der Waals surface area contributed by atoms with Crippen LogP contribution in [0.2, 0.25) is 0 Å². The second-order valence-corrected chi connectivity index (χ2v) is 15.4. The van der Waals surface area contributed by atoms with Crippen molar-refractivity contribution in [2.24, 2.45) is 29.1 Å². The Morgan fingerprint density at radius 2 is 1.84 bits per heavy atom. The van der Waals surface area contributed by atoms with Crippen molar-refractivity contribution in [1.82, 2.24) is 4.90 Å². The fraction of sp³-hybridized carbons (Fsp3) is 0.575. The number of nitrogens with zero attached hydrogens (tertiary/aromatic N) is 1. The van der Waals surface area contributed by atoms with E-state index in [4.69, 9.17) is 0 Å². The molecule has 45 heavy (non-hydrogen) atoms. The highest BCUT2D eigenvalue weighted by Crippen LogP contribution is 2.60. The van der Waals surface area contributed by atoms with Gasteiger partial charge in [0.05, 0.1) is 12.2 Å². The maximum absolute atomic E-state index is 13.4. The van der Waals surface area contributed by atoms with Crippen molar-refractivity contribution in [1.29, 1.82) is 0 Å². The fourth-order valence-electron chi connectivity index (χ4n) is 9.72. The zero-order chi connectivity index (χ0) is 32.1. The van der Waals surface area contributed by atoms with Crippen LogP contribution in [0.15, 0.2) is 77.9 Å². The molecule has 1 saturated heterocycles.